The number of nitrogens with one attached hydrogen (secondary N) is 1. The Balaban J connectivity index is 2.66. The number of hydrogen-bond donors (Lipinski definition) is 3. The number of nitrogens with two attached hydrogens (primary N) is 2. The summed E-state index contributed by atoms with van der Waals surface area (Å²) in [4.78, 5) is 24.3. The molecule has 2 aromatic carbocycles. The van der Waals surface area contributed by atoms with Crippen LogP contribution in [0.4, 0.5) is 10.1 Å². The Morgan fingerprint density at radius 3 is 2.61 bits per heavy atom. The maximum Gasteiger partial charge on any atom is 0.218 e. The average molecular weight is 431 g/mol. The molecule has 8 heteroatoms. The SMILES string of the molecule is [2H]C([2H])([2H])C([2H])([2H])[C@@H](N[C@@H](C)CC(N)=O)c1ccc(Cl)c(C(=O)c2ccc(N)c(Cl)c2)c1F. The first-order valence-electron chi connectivity index (χ1n) is 10.7. The number of anilines is 1. The van der Waals surface area contributed by atoms with Crippen molar-refractivity contribution < 1.29 is 20.8 Å². The molecule has 0 heterocycles. The molecule has 2 rings (SSSR count). The van der Waals surface area contributed by atoms with Gasteiger partial charge in [-0.3, -0.25) is 9.59 Å². The molecule has 28 heavy (non-hydrogen) atoms. The fourth-order valence-corrected chi connectivity index (χ4v) is 3.08. The first-order chi connectivity index (χ1) is 15.1. The van der Waals surface area contributed by atoms with E-state index in [0.717, 1.165) is 12.1 Å². The predicted octanol–water partition coefficient (Wildman–Crippen LogP) is 4.25. The zero-order valence-electron chi connectivity index (χ0n) is 19.9. The van der Waals surface area contributed by atoms with E-state index in [0.29, 0.717) is 0 Å². The van der Waals surface area contributed by atoms with Gasteiger partial charge in [0.05, 0.1) is 21.3 Å². The van der Waals surface area contributed by atoms with Crippen LogP contribution in [0.15, 0.2) is 30.3 Å². The quantitative estimate of drug-likeness (QED) is 0.430. The standard InChI is InChI=1S/C20H22Cl2FN3O2/c1-3-16(26-10(2)8-17(25)27)12-5-6-13(21)18(19(12)23)20(28)11-4-7-15(24)14(22)9-11/h4-7,9-10,16,26H,3,8,24H2,1-2H3,(H2,25,27)/t10-,16+/m0/s1/i1D3,3D2. The Morgan fingerprint density at radius 2 is 2.00 bits per heavy atom. The predicted molar refractivity (Wildman–Crippen MR) is 110 cm³/mol. The Labute approximate surface area is 180 Å². The van der Waals surface area contributed by atoms with E-state index in [9.17, 15) is 9.59 Å². The third-order valence-electron chi connectivity index (χ3n) is 4.02. The number of ketones is 1. The molecule has 0 saturated carbocycles. The lowest BCUT2D eigenvalue weighted by atomic mass is 9.95. The summed E-state index contributed by atoms with van der Waals surface area (Å²) >= 11 is 12.0. The molecule has 0 radical (unpaired) electrons. The van der Waals surface area contributed by atoms with Gasteiger partial charge >= 0.3 is 0 Å². The summed E-state index contributed by atoms with van der Waals surface area (Å²) in [6, 6.07) is 3.56. The van der Waals surface area contributed by atoms with E-state index in [1.54, 1.807) is 0 Å². The van der Waals surface area contributed by atoms with Gasteiger partial charge < -0.3 is 16.8 Å². The Kier molecular flexibility index (Phi) is 5.26. The summed E-state index contributed by atoms with van der Waals surface area (Å²) in [6.07, 6.45) is -3.27. The highest BCUT2D eigenvalue weighted by Crippen LogP contribution is 2.31. The molecule has 0 bridgehead atoms. The van der Waals surface area contributed by atoms with Gasteiger partial charge in [0, 0.05) is 36.5 Å². The summed E-state index contributed by atoms with van der Waals surface area (Å²) in [7, 11) is 0. The van der Waals surface area contributed by atoms with Crippen LogP contribution in [0, 0.1) is 5.82 Å². The highest BCUT2D eigenvalue weighted by molar-refractivity contribution is 6.36. The van der Waals surface area contributed by atoms with Gasteiger partial charge in [-0.2, -0.15) is 0 Å². The molecule has 0 fully saturated rings. The highest BCUT2D eigenvalue weighted by atomic mass is 35.5. The average Bonchev–Trinajstić information content (AvgIpc) is 2.67. The fraction of sp³-hybridized carbons (Fsp3) is 0.300. The number of carbonyl (C=O) groups is 2. The van der Waals surface area contributed by atoms with Gasteiger partial charge in [0.25, 0.3) is 0 Å². The van der Waals surface area contributed by atoms with Gasteiger partial charge in [-0.15, -0.1) is 0 Å². The second kappa shape index (κ2) is 9.37. The van der Waals surface area contributed by atoms with Gasteiger partial charge in [0.1, 0.15) is 5.82 Å². The van der Waals surface area contributed by atoms with E-state index < -0.39 is 53.9 Å². The minimum absolute atomic E-state index is 0.0300. The lowest BCUT2D eigenvalue weighted by Gasteiger charge is -2.23. The molecule has 0 saturated heterocycles. The number of rotatable bonds is 8. The maximum absolute atomic E-state index is 15.7. The second-order valence-corrected chi connectivity index (χ2v) is 7.02. The van der Waals surface area contributed by atoms with Gasteiger partial charge in [0.2, 0.25) is 5.91 Å². The molecule has 0 spiro atoms. The van der Waals surface area contributed by atoms with Gasteiger partial charge in [0.15, 0.2) is 5.78 Å². The monoisotopic (exact) mass is 430 g/mol. The zero-order valence-corrected chi connectivity index (χ0v) is 16.4. The largest absolute Gasteiger partial charge is 0.398 e. The minimum Gasteiger partial charge on any atom is -0.398 e. The molecule has 2 aromatic rings. The van der Waals surface area contributed by atoms with Gasteiger partial charge in [-0.25, -0.2) is 4.39 Å². The summed E-state index contributed by atoms with van der Waals surface area (Å²) in [5, 5.41) is 2.42. The van der Waals surface area contributed by atoms with Crippen LogP contribution in [0.25, 0.3) is 0 Å². The first-order valence-corrected chi connectivity index (χ1v) is 8.95. The van der Waals surface area contributed by atoms with Crippen molar-refractivity contribution in [1.29, 1.82) is 0 Å². The van der Waals surface area contributed by atoms with E-state index in [4.69, 9.17) is 41.5 Å². The van der Waals surface area contributed by atoms with Crippen molar-refractivity contribution in [3.8, 4) is 0 Å². The smallest absolute Gasteiger partial charge is 0.218 e. The number of benzene rings is 2. The van der Waals surface area contributed by atoms with Crippen molar-refractivity contribution in [3.05, 3.63) is 62.9 Å². The Morgan fingerprint density at radius 1 is 1.29 bits per heavy atom. The van der Waals surface area contributed by atoms with Crippen molar-refractivity contribution in [2.45, 2.75) is 38.7 Å². The van der Waals surface area contributed by atoms with Crippen LogP contribution in [0.5, 0.6) is 0 Å². The van der Waals surface area contributed by atoms with Crippen LogP contribution in [0.2, 0.25) is 10.0 Å². The molecule has 0 aliphatic heterocycles. The molecule has 2 atom stereocenters. The van der Waals surface area contributed by atoms with Crippen molar-refractivity contribution >= 4 is 40.6 Å². The Hall–Kier alpha value is -2.15. The molecule has 0 unspecified atom stereocenters. The lowest BCUT2D eigenvalue weighted by Crippen LogP contribution is -2.34. The van der Waals surface area contributed by atoms with Crippen LogP contribution in [-0.4, -0.2) is 17.7 Å². The van der Waals surface area contributed by atoms with Crippen molar-refractivity contribution in [2.75, 3.05) is 5.73 Å². The van der Waals surface area contributed by atoms with Crippen molar-refractivity contribution in [3.63, 3.8) is 0 Å². The van der Waals surface area contributed by atoms with Crippen LogP contribution >= 0.6 is 23.2 Å². The van der Waals surface area contributed by atoms with E-state index >= 15 is 4.39 Å². The molecule has 1 amide bonds. The molecular formula is C20H22Cl2FN3O2. The third-order valence-corrected chi connectivity index (χ3v) is 4.67. The summed E-state index contributed by atoms with van der Waals surface area (Å²) in [5.74, 6) is -2.80. The highest BCUT2D eigenvalue weighted by Gasteiger charge is 2.25. The van der Waals surface area contributed by atoms with E-state index in [2.05, 4.69) is 5.32 Å². The molecular weight excluding hydrogens is 404 g/mol. The van der Waals surface area contributed by atoms with Crippen LogP contribution in [0.3, 0.4) is 0 Å². The van der Waals surface area contributed by atoms with E-state index in [1.807, 2.05) is 0 Å². The van der Waals surface area contributed by atoms with Gasteiger partial charge in [-0.1, -0.05) is 36.1 Å². The number of hydrogen-bond acceptors (Lipinski definition) is 4. The van der Waals surface area contributed by atoms with Gasteiger partial charge in [-0.05, 0) is 37.6 Å². The van der Waals surface area contributed by atoms with Crippen LogP contribution in [0.1, 0.15) is 60.9 Å². The molecule has 150 valence electrons. The van der Waals surface area contributed by atoms with Crippen LogP contribution in [-0.2, 0) is 4.79 Å². The van der Waals surface area contributed by atoms with Crippen molar-refractivity contribution in [2.24, 2.45) is 5.73 Å². The molecule has 5 N–H and O–H groups in total. The molecule has 0 aliphatic carbocycles. The molecule has 5 nitrogen and oxygen atoms in total. The number of amides is 1. The zero-order chi connectivity index (χ0) is 25.3. The number of primary amides is 1. The fourth-order valence-electron chi connectivity index (χ4n) is 2.67. The lowest BCUT2D eigenvalue weighted by molar-refractivity contribution is -0.118. The summed E-state index contributed by atoms with van der Waals surface area (Å²) in [5.41, 5.74) is 9.93. The van der Waals surface area contributed by atoms with Crippen molar-refractivity contribution in [1.82, 2.24) is 5.32 Å². The number of nitrogen functional groups attached to an aromatic ring is 1. The normalized spacial score (nSPS) is 16.8. The third kappa shape index (κ3) is 5.01. The van der Waals surface area contributed by atoms with Crippen LogP contribution < -0.4 is 16.8 Å². The maximum atomic E-state index is 15.7. The topological polar surface area (TPSA) is 98.2 Å². The first kappa shape index (κ1) is 15.7. The number of carbonyl (C=O) groups excluding carboxylic acids is 2. The summed E-state index contributed by atoms with van der Waals surface area (Å²) < 4.78 is 54.9. The number of halogens is 3. The van der Waals surface area contributed by atoms with E-state index in [-0.39, 0.29) is 27.7 Å². The minimum atomic E-state index is -3.18. The second-order valence-electron chi connectivity index (χ2n) is 6.21. The summed E-state index contributed by atoms with van der Waals surface area (Å²) in [6.45, 7) is -1.72. The molecule has 0 aliphatic rings. The van der Waals surface area contributed by atoms with E-state index in [1.165, 1.54) is 25.1 Å². The Bertz CT molecular complexity index is 1080. The molecule has 0 aromatic heterocycles.